The number of ether oxygens (including phenoxy) is 1. The van der Waals surface area contributed by atoms with E-state index in [-0.39, 0.29) is 29.6 Å². The summed E-state index contributed by atoms with van der Waals surface area (Å²) in [4.78, 5) is 0. The van der Waals surface area contributed by atoms with Crippen molar-refractivity contribution in [2.75, 3.05) is 13.7 Å². The maximum Gasteiger partial charge on any atom is 1.00 e. The molecule has 15 heavy (non-hydrogen) atoms. The molecule has 0 aromatic heterocycles. The van der Waals surface area contributed by atoms with Crippen LogP contribution in [0.2, 0.25) is 0 Å². The van der Waals surface area contributed by atoms with E-state index in [0.29, 0.717) is 13.0 Å². The van der Waals surface area contributed by atoms with E-state index >= 15 is 0 Å². The number of rotatable bonds is 1. The van der Waals surface area contributed by atoms with Gasteiger partial charge in [0.25, 0.3) is 0 Å². The van der Waals surface area contributed by atoms with Crippen LogP contribution in [-0.2, 0) is 19.3 Å². The SMILES string of the molecule is COS(=O)(=O)O.OC1[CH-]OCCC1O.[Na+]. The molecule has 1 aliphatic rings. The Hall–Kier alpha value is 0.750. The average molecular weight is 252 g/mol. The minimum Gasteiger partial charge on any atom is -0.549 e. The molecular formula is C6H13NaO7S. The van der Waals surface area contributed by atoms with Gasteiger partial charge in [0.2, 0.25) is 0 Å². The second-order valence-electron chi connectivity index (χ2n) is 2.45. The molecule has 0 amide bonds. The van der Waals surface area contributed by atoms with E-state index < -0.39 is 22.6 Å². The Morgan fingerprint density at radius 3 is 2.13 bits per heavy atom. The first kappa shape index (κ1) is 18.1. The summed E-state index contributed by atoms with van der Waals surface area (Å²) in [5, 5.41) is 17.6. The third kappa shape index (κ3) is 11.0. The van der Waals surface area contributed by atoms with Crippen molar-refractivity contribution in [2.45, 2.75) is 18.6 Å². The minimum absolute atomic E-state index is 0. The molecule has 0 saturated carbocycles. The predicted octanol–water partition coefficient (Wildman–Crippen LogP) is -4.27. The zero-order chi connectivity index (χ0) is 11.2. The molecule has 0 aromatic carbocycles. The molecule has 0 aliphatic carbocycles. The Balaban J connectivity index is 0. The van der Waals surface area contributed by atoms with Crippen molar-refractivity contribution in [2.24, 2.45) is 0 Å². The van der Waals surface area contributed by atoms with Crippen LogP contribution in [0, 0.1) is 6.61 Å². The summed E-state index contributed by atoms with van der Waals surface area (Å²) in [6.07, 6.45) is -0.884. The molecule has 0 bridgehead atoms. The maximum atomic E-state index is 9.33. The first-order valence-electron chi connectivity index (χ1n) is 3.71. The van der Waals surface area contributed by atoms with E-state index in [1.54, 1.807) is 0 Å². The molecule has 7 nitrogen and oxygen atoms in total. The van der Waals surface area contributed by atoms with Crippen molar-refractivity contribution in [1.82, 2.24) is 0 Å². The van der Waals surface area contributed by atoms with Gasteiger partial charge >= 0.3 is 40.0 Å². The maximum absolute atomic E-state index is 9.33. The van der Waals surface area contributed by atoms with Crippen LogP contribution in [0.25, 0.3) is 0 Å². The van der Waals surface area contributed by atoms with E-state index in [9.17, 15) is 8.42 Å². The smallest absolute Gasteiger partial charge is 0.549 e. The molecule has 2 atom stereocenters. The van der Waals surface area contributed by atoms with E-state index in [0.717, 1.165) is 7.11 Å². The number of aliphatic hydroxyl groups is 2. The number of hydrogen-bond acceptors (Lipinski definition) is 6. The van der Waals surface area contributed by atoms with Crippen LogP contribution < -0.4 is 29.6 Å². The third-order valence-electron chi connectivity index (χ3n) is 1.37. The molecule has 1 aliphatic heterocycles. The second kappa shape index (κ2) is 8.85. The van der Waals surface area contributed by atoms with Gasteiger partial charge in [-0.1, -0.05) is 0 Å². The van der Waals surface area contributed by atoms with Crippen molar-refractivity contribution < 1.29 is 61.7 Å². The normalized spacial score (nSPS) is 25.9. The zero-order valence-electron chi connectivity index (χ0n) is 8.53. The Morgan fingerprint density at radius 1 is 1.47 bits per heavy atom. The number of hydrogen-bond donors (Lipinski definition) is 3. The molecule has 1 fully saturated rings. The molecule has 1 heterocycles. The molecule has 1 rings (SSSR count). The van der Waals surface area contributed by atoms with Crippen molar-refractivity contribution >= 4 is 10.4 Å². The van der Waals surface area contributed by atoms with Crippen LogP contribution in [-0.4, -0.2) is 49.1 Å². The van der Waals surface area contributed by atoms with Crippen LogP contribution in [0.15, 0.2) is 0 Å². The molecule has 2 unspecified atom stereocenters. The van der Waals surface area contributed by atoms with Crippen LogP contribution >= 0.6 is 0 Å². The van der Waals surface area contributed by atoms with Gasteiger partial charge in [-0.05, 0) is 12.5 Å². The van der Waals surface area contributed by atoms with Crippen LogP contribution in [0.1, 0.15) is 6.42 Å². The van der Waals surface area contributed by atoms with E-state index in [2.05, 4.69) is 4.18 Å². The molecular weight excluding hydrogens is 239 g/mol. The van der Waals surface area contributed by atoms with Crippen molar-refractivity contribution in [1.29, 1.82) is 0 Å². The van der Waals surface area contributed by atoms with E-state index in [4.69, 9.17) is 19.5 Å². The molecule has 86 valence electrons. The largest absolute Gasteiger partial charge is 1.00 e. The predicted molar refractivity (Wildman–Crippen MR) is 45.4 cm³/mol. The molecule has 9 heteroatoms. The Morgan fingerprint density at radius 2 is 1.93 bits per heavy atom. The Labute approximate surface area is 111 Å². The number of aliphatic hydroxyl groups excluding tert-OH is 2. The first-order valence-corrected chi connectivity index (χ1v) is 5.07. The van der Waals surface area contributed by atoms with Gasteiger partial charge in [-0.25, -0.2) is 0 Å². The van der Waals surface area contributed by atoms with Crippen LogP contribution in [0.3, 0.4) is 0 Å². The van der Waals surface area contributed by atoms with E-state index in [1.807, 2.05) is 0 Å². The monoisotopic (exact) mass is 252 g/mol. The van der Waals surface area contributed by atoms with Crippen LogP contribution in [0.4, 0.5) is 0 Å². The summed E-state index contributed by atoms with van der Waals surface area (Å²) in [6.45, 7) is 1.77. The summed E-state index contributed by atoms with van der Waals surface area (Å²) >= 11 is 0. The van der Waals surface area contributed by atoms with Crippen molar-refractivity contribution in [3.8, 4) is 0 Å². The fourth-order valence-corrected chi connectivity index (χ4v) is 0.617. The van der Waals surface area contributed by atoms with Gasteiger partial charge in [-0.15, -0.1) is 0 Å². The van der Waals surface area contributed by atoms with E-state index in [1.165, 1.54) is 6.61 Å². The topological polar surface area (TPSA) is 113 Å². The van der Waals surface area contributed by atoms with Crippen molar-refractivity contribution in [3.05, 3.63) is 6.61 Å². The molecule has 3 N–H and O–H groups in total. The van der Waals surface area contributed by atoms with Crippen LogP contribution in [0.5, 0.6) is 0 Å². The quantitative estimate of drug-likeness (QED) is 0.246. The fourth-order valence-electron chi connectivity index (χ4n) is 0.617. The minimum atomic E-state index is -4.16. The zero-order valence-corrected chi connectivity index (χ0v) is 11.3. The summed E-state index contributed by atoms with van der Waals surface area (Å²) in [5.74, 6) is 0. The summed E-state index contributed by atoms with van der Waals surface area (Å²) in [5.41, 5.74) is 0. The summed E-state index contributed by atoms with van der Waals surface area (Å²) in [6, 6.07) is 0. The Kier molecular flexibility index (Phi) is 10.7. The molecule has 0 radical (unpaired) electrons. The molecule has 0 aromatic rings. The van der Waals surface area contributed by atoms with Gasteiger partial charge in [0.1, 0.15) is 0 Å². The van der Waals surface area contributed by atoms with Gasteiger partial charge in [0.05, 0.1) is 13.2 Å². The van der Waals surface area contributed by atoms with Gasteiger partial charge < -0.3 is 14.9 Å². The summed E-state index contributed by atoms with van der Waals surface area (Å²) < 4.78 is 34.4. The Bertz CT molecular complexity index is 232. The third-order valence-corrected chi connectivity index (χ3v) is 1.79. The van der Waals surface area contributed by atoms with Gasteiger partial charge in [0, 0.05) is 6.61 Å². The molecule has 0 spiro atoms. The second-order valence-corrected chi connectivity index (χ2v) is 3.64. The van der Waals surface area contributed by atoms with Gasteiger partial charge in [0.15, 0.2) is 0 Å². The molecule has 1 saturated heterocycles. The first-order chi connectivity index (χ1) is 6.37. The standard InChI is InChI=1S/C5H9O3.CH4O4S.Na/c6-4-1-2-8-3-5(4)7;1-5-6(2,3)4;/h3-7H,1-2H2;1H3,(H,2,3,4);/q-1;;+1. The summed E-state index contributed by atoms with van der Waals surface area (Å²) in [7, 11) is -3.29. The van der Waals surface area contributed by atoms with Gasteiger partial charge in [-0.2, -0.15) is 15.0 Å². The van der Waals surface area contributed by atoms with Crippen molar-refractivity contribution in [3.63, 3.8) is 0 Å². The average Bonchev–Trinajstić information content (AvgIpc) is 2.10. The van der Waals surface area contributed by atoms with Gasteiger partial charge in [-0.3, -0.25) is 8.74 Å². The fraction of sp³-hybridized carbons (Fsp3) is 0.833.